The van der Waals surface area contributed by atoms with Gasteiger partial charge in [0.15, 0.2) is 0 Å². The summed E-state index contributed by atoms with van der Waals surface area (Å²) in [6, 6.07) is 4.49. The molecule has 0 amide bonds. The summed E-state index contributed by atoms with van der Waals surface area (Å²) in [7, 11) is 0. The highest BCUT2D eigenvalue weighted by Crippen LogP contribution is 2.15. The van der Waals surface area contributed by atoms with Crippen LogP contribution in [0.1, 0.15) is 18.9 Å². The Balaban J connectivity index is 2.54. The molecule has 0 bridgehead atoms. The zero-order chi connectivity index (χ0) is 12.1. The van der Waals surface area contributed by atoms with Crippen LogP contribution in [-0.2, 0) is 11.3 Å². The Kier molecular flexibility index (Phi) is 4.89. The van der Waals surface area contributed by atoms with Gasteiger partial charge in [0.2, 0.25) is 0 Å². The van der Waals surface area contributed by atoms with Crippen molar-refractivity contribution in [3.05, 3.63) is 34.1 Å². The van der Waals surface area contributed by atoms with E-state index in [0.29, 0.717) is 12.1 Å². The van der Waals surface area contributed by atoms with Crippen molar-refractivity contribution in [1.29, 1.82) is 0 Å². The monoisotopic (exact) mass is 289 g/mol. The van der Waals surface area contributed by atoms with Crippen LogP contribution in [0.4, 0.5) is 4.39 Å². The second-order valence-electron chi connectivity index (χ2n) is 3.62. The van der Waals surface area contributed by atoms with Crippen molar-refractivity contribution >= 4 is 21.9 Å². The summed E-state index contributed by atoms with van der Waals surface area (Å²) < 4.78 is 14.1. The predicted octanol–water partition coefficient (Wildman–Crippen LogP) is 2.54. The molecule has 3 nitrogen and oxygen atoms in total. The molecular formula is C11H13BrFNO2. The maximum Gasteiger partial charge on any atom is 0.304 e. The van der Waals surface area contributed by atoms with Gasteiger partial charge in [-0.3, -0.25) is 4.79 Å². The lowest BCUT2D eigenvalue weighted by Gasteiger charge is -2.12. The third-order valence-corrected chi connectivity index (χ3v) is 2.62. The average Bonchev–Trinajstić information content (AvgIpc) is 2.18. The van der Waals surface area contributed by atoms with Crippen LogP contribution in [0, 0.1) is 5.82 Å². The van der Waals surface area contributed by atoms with E-state index in [1.165, 1.54) is 6.07 Å². The average molecular weight is 290 g/mol. The van der Waals surface area contributed by atoms with Crippen molar-refractivity contribution in [2.75, 3.05) is 0 Å². The van der Waals surface area contributed by atoms with Gasteiger partial charge in [-0.2, -0.15) is 0 Å². The molecule has 1 aromatic rings. The van der Waals surface area contributed by atoms with Crippen LogP contribution >= 0.6 is 15.9 Å². The quantitative estimate of drug-likeness (QED) is 0.876. The van der Waals surface area contributed by atoms with Crippen molar-refractivity contribution in [3.8, 4) is 0 Å². The number of benzene rings is 1. The van der Waals surface area contributed by atoms with Crippen LogP contribution in [-0.4, -0.2) is 17.1 Å². The van der Waals surface area contributed by atoms with Gasteiger partial charge < -0.3 is 10.4 Å². The molecule has 0 heterocycles. The first kappa shape index (κ1) is 13.1. The van der Waals surface area contributed by atoms with E-state index in [1.54, 1.807) is 19.1 Å². The molecule has 1 atom stereocenters. The fourth-order valence-corrected chi connectivity index (χ4v) is 1.71. The topological polar surface area (TPSA) is 49.3 Å². The number of rotatable bonds is 5. The molecular weight excluding hydrogens is 277 g/mol. The van der Waals surface area contributed by atoms with Gasteiger partial charge in [0, 0.05) is 22.6 Å². The molecule has 0 aliphatic rings. The number of carbonyl (C=O) groups is 1. The fraction of sp³-hybridized carbons (Fsp3) is 0.364. The molecule has 1 aromatic carbocycles. The molecule has 0 spiro atoms. The number of aliphatic carboxylic acids is 1. The SMILES string of the molecule is CC(CC(=O)O)NCc1cc(Br)ccc1F. The van der Waals surface area contributed by atoms with Gasteiger partial charge in [0.25, 0.3) is 0 Å². The Bertz CT molecular complexity index is 384. The zero-order valence-corrected chi connectivity index (χ0v) is 10.4. The minimum Gasteiger partial charge on any atom is -0.481 e. The summed E-state index contributed by atoms with van der Waals surface area (Å²) in [6.07, 6.45) is 0.0234. The summed E-state index contributed by atoms with van der Waals surface area (Å²) in [5.41, 5.74) is 0.520. The number of nitrogens with one attached hydrogen (secondary N) is 1. The third-order valence-electron chi connectivity index (χ3n) is 2.13. The lowest BCUT2D eigenvalue weighted by atomic mass is 10.2. The molecule has 1 unspecified atom stereocenters. The van der Waals surface area contributed by atoms with E-state index < -0.39 is 5.97 Å². The number of carboxylic acids is 1. The Morgan fingerprint density at radius 1 is 1.62 bits per heavy atom. The van der Waals surface area contributed by atoms with E-state index in [9.17, 15) is 9.18 Å². The zero-order valence-electron chi connectivity index (χ0n) is 8.84. The minimum atomic E-state index is -0.866. The lowest BCUT2D eigenvalue weighted by Crippen LogP contribution is -2.28. The van der Waals surface area contributed by atoms with Crippen LogP contribution in [0.2, 0.25) is 0 Å². The van der Waals surface area contributed by atoms with Crippen molar-refractivity contribution in [2.45, 2.75) is 25.9 Å². The lowest BCUT2D eigenvalue weighted by molar-refractivity contribution is -0.137. The second-order valence-corrected chi connectivity index (χ2v) is 4.53. The summed E-state index contributed by atoms with van der Waals surface area (Å²) in [5, 5.41) is 11.5. The third kappa shape index (κ3) is 4.28. The van der Waals surface area contributed by atoms with E-state index in [1.807, 2.05) is 0 Å². The Hall–Kier alpha value is -0.940. The fourth-order valence-electron chi connectivity index (χ4n) is 1.30. The van der Waals surface area contributed by atoms with Gasteiger partial charge in [0.1, 0.15) is 5.82 Å². The van der Waals surface area contributed by atoms with E-state index in [0.717, 1.165) is 4.47 Å². The summed E-state index contributed by atoms with van der Waals surface area (Å²) in [4.78, 5) is 10.4. The summed E-state index contributed by atoms with van der Waals surface area (Å²) >= 11 is 3.26. The smallest absolute Gasteiger partial charge is 0.304 e. The molecule has 5 heteroatoms. The molecule has 0 radical (unpaired) electrons. The molecule has 0 aliphatic heterocycles. The number of hydrogen-bond acceptors (Lipinski definition) is 2. The Morgan fingerprint density at radius 3 is 2.94 bits per heavy atom. The van der Waals surface area contributed by atoms with Crippen LogP contribution in [0.25, 0.3) is 0 Å². The Morgan fingerprint density at radius 2 is 2.31 bits per heavy atom. The van der Waals surface area contributed by atoms with E-state index >= 15 is 0 Å². The Labute approximate surface area is 102 Å². The number of carboxylic acid groups (broad SMARTS) is 1. The highest BCUT2D eigenvalue weighted by atomic mass is 79.9. The normalized spacial score (nSPS) is 12.4. The van der Waals surface area contributed by atoms with Gasteiger partial charge >= 0.3 is 5.97 Å². The number of hydrogen-bond donors (Lipinski definition) is 2. The maximum absolute atomic E-state index is 13.3. The highest BCUT2D eigenvalue weighted by molar-refractivity contribution is 9.10. The van der Waals surface area contributed by atoms with E-state index in [-0.39, 0.29) is 18.3 Å². The van der Waals surface area contributed by atoms with Crippen molar-refractivity contribution in [3.63, 3.8) is 0 Å². The van der Waals surface area contributed by atoms with Gasteiger partial charge in [-0.05, 0) is 25.1 Å². The van der Waals surface area contributed by atoms with Crippen molar-refractivity contribution in [1.82, 2.24) is 5.32 Å². The molecule has 0 aliphatic carbocycles. The molecule has 1 rings (SSSR count). The largest absolute Gasteiger partial charge is 0.481 e. The van der Waals surface area contributed by atoms with E-state index in [4.69, 9.17) is 5.11 Å². The van der Waals surface area contributed by atoms with Crippen molar-refractivity contribution < 1.29 is 14.3 Å². The molecule has 0 saturated carbocycles. The molecule has 88 valence electrons. The van der Waals surface area contributed by atoms with Crippen molar-refractivity contribution in [2.24, 2.45) is 0 Å². The van der Waals surface area contributed by atoms with E-state index in [2.05, 4.69) is 21.2 Å². The second kappa shape index (κ2) is 5.96. The highest BCUT2D eigenvalue weighted by Gasteiger charge is 2.08. The number of halogens is 2. The summed E-state index contributed by atoms with van der Waals surface area (Å²) in [5.74, 6) is -1.16. The molecule has 0 aromatic heterocycles. The van der Waals surface area contributed by atoms with Gasteiger partial charge in [-0.1, -0.05) is 15.9 Å². The molecule has 0 fully saturated rings. The van der Waals surface area contributed by atoms with Gasteiger partial charge in [0.05, 0.1) is 6.42 Å². The van der Waals surface area contributed by atoms with Crippen LogP contribution < -0.4 is 5.32 Å². The maximum atomic E-state index is 13.3. The van der Waals surface area contributed by atoms with Crippen LogP contribution in [0.5, 0.6) is 0 Å². The first-order chi connectivity index (χ1) is 7.49. The molecule has 2 N–H and O–H groups in total. The van der Waals surface area contributed by atoms with Gasteiger partial charge in [-0.15, -0.1) is 0 Å². The standard InChI is InChI=1S/C11H13BrFNO2/c1-7(4-11(15)16)14-6-8-5-9(12)2-3-10(8)13/h2-3,5,7,14H,4,6H2,1H3,(H,15,16). The first-order valence-electron chi connectivity index (χ1n) is 4.88. The first-order valence-corrected chi connectivity index (χ1v) is 5.67. The van der Waals surface area contributed by atoms with Crippen LogP contribution in [0.15, 0.2) is 22.7 Å². The minimum absolute atomic E-state index is 0.0234. The predicted molar refractivity (Wildman–Crippen MR) is 62.7 cm³/mol. The molecule has 0 saturated heterocycles. The summed E-state index contributed by atoms with van der Waals surface area (Å²) in [6.45, 7) is 2.07. The van der Waals surface area contributed by atoms with Gasteiger partial charge in [-0.25, -0.2) is 4.39 Å². The van der Waals surface area contributed by atoms with Crippen LogP contribution in [0.3, 0.4) is 0 Å². The molecule has 16 heavy (non-hydrogen) atoms.